The molecule has 1 unspecified atom stereocenters. The molecule has 1 fully saturated rings. The van der Waals surface area contributed by atoms with Crippen LogP contribution >= 0.6 is 11.8 Å². The summed E-state index contributed by atoms with van der Waals surface area (Å²) in [5.74, 6) is 0.913. The smallest absolute Gasteiger partial charge is 0.307 e. The molecule has 1 saturated heterocycles. The first-order valence-electron chi connectivity index (χ1n) is 6.28. The summed E-state index contributed by atoms with van der Waals surface area (Å²) in [5, 5.41) is 8.91. The Bertz CT molecular complexity index is 489. The lowest BCUT2D eigenvalue weighted by Crippen LogP contribution is -2.44. The largest absolute Gasteiger partial charge is 0.481 e. The topological polar surface area (TPSA) is 57.6 Å². The van der Waals surface area contributed by atoms with E-state index in [0.717, 1.165) is 18.1 Å². The standard InChI is InChI=1S/C14H17NO3S/c1-10-9-19-7-6-15(10)14(18)12-5-3-2-4-11(12)8-13(16)17/h2-5,10H,6-9H2,1H3,(H,16,17). The van der Waals surface area contributed by atoms with Crippen LogP contribution in [-0.4, -0.2) is 46.0 Å². The van der Waals surface area contributed by atoms with Crippen molar-refractivity contribution in [3.8, 4) is 0 Å². The van der Waals surface area contributed by atoms with Crippen LogP contribution in [0.15, 0.2) is 24.3 Å². The van der Waals surface area contributed by atoms with E-state index in [4.69, 9.17) is 5.11 Å². The van der Waals surface area contributed by atoms with Crippen molar-refractivity contribution >= 4 is 23.6 Å². The number of hydrogen-bond acceptors (Lipinski definition) is 3. The Morgan fingerprint density at radius 3 is 2.84 bits per heavy atom. The van der Waals surface area contributed by atoms with E-state index < -0.39 is 5.97 Å². The first-order chi connectivity index (χ1) is 9.09. The number of carboxylic acid groups (broad SMARTS) is 1. The molecule has 1 heterocycles. The number of carboxylic acids is 1. The normalized spacial score (nSPS) is 19.2. The number of carbonyl (C=O) groups excluding carboxylic acids is 1. The molecule has 0 radical (unpaired) electrons. The average Bonchev–Trinajstić information content (AvgIpc) is 2.38. The highest BCUT2D eigenvalue weighted by atomic mass is 32.2. The Balaban J connectivity index is 2.25. The predicted octanol–water partition coefficient (Wildman–Crippen LogP) is 1.89. The molecule has 1 N–H and O–H groups in total. The fraction of sp³-hybridized carbons (Fsp3) is 0.429. The van der Waals surface area contributed by atoms with Crippen molar-refractivity contribution in [3.05, 3.63) is 35.4 Å². The molecule has 102 valence electrons. The Morgan fingerprint density at radius 2 is 2.16 bits per heavy atom. The molecule has 1 atom stereocenters. The van der Waals surface area contributed by atoms with Crippen LogP contribution < -0.4 is 0 Å². The summed E-state index contributed by atoms with van der Waals surface area (Å²) in [5.41, 5.74) is 1.11. The van der Waals surface area contributed by atoms with Crippen LogP contribution in [0, 0.1) is 0 Å². The molecular formula is C14H17NO3S. The number of carbonyl (C=O) groups is 2. The minimum Gasteiger partial charge on any atom is -0.481 e. The second-order valence-corrected chi connectivity index (χ2v) is 5.80. The molecule has 0 aliphatic carbocycles. The number of rotatable bonds is 3. The first-order valence-corrected chi connectivity index (χ1v) is 7.43. The average molecular weight is 279 g/mol. The van der Waals surface area contributed by atoms with E-state index in [1.807, 2.05) is 23.6 Å². The van der Waals surface area contributed by atoms with Crippen LogP contribution in [0.2, 0.25) is 0 Å². The lowest BCUT2D eigenvalue weighted by atomic mass is 10.0. The van der Waals surface area contributed by atoms with E-state index in [0.29, 0.717) is 11.1 Å². The van der Waals surface area contributed by atoms with Gasteiger partial charge in [0.15, 0.2) is 0 Å². The molecule has 19 heavy (non-hydrogen) atoms. The van der Waals surface area contributed by atoms with Crippen molar-refractivity contribution in [2.24, 2.45) is 0 Å². The van der Waals surface area contributed by atoms with Crippen molar-refractivity contribution in [3.63, 3.8) is 0 Å². The first kappa shape index (κ1) is 13.9. The van der Waals surface area contributed by atoms with Gasteiger partial charge in [0.2, 0.25) is 0 Å². The maximum atomic E-state index is 12.5. The summed E-state index contributed by atoms with van der Waals surface area (Å²) < 4.78 is 0. The zero-order valence-corrected chi connectivity index (χ0v) is 11.7. The molecular weight excluding hydrogens is 262 g/mol. The van der Waals surface area contributed by atoms with Gasteiger partial charge in [-0.05, 0) is 18.6 Å². The van der Waals surface area contributed by atoms with Crippen LogP contribution in [0.5, 0.6) is 0 Å². The highest BCUT2D eigenvalue weighted by Crippen LogP contribution is 2.20. The Morgan fingerprint density at radius 1 is 1.42 bits per heavy atom. The Labute approximate surface area is 116 Å². The van der Waals surface area contributed by atoms with Crippen molar-refractivity contribution in [2.45, 2.75) is 19.4 Å². The third kappa shape index (κ3) is 3.29. The van der Waals surface area contributed by atoms with E-state index >= 15 is 0 Å². The Kier molecular flexibility index (Phi) is 4.47. The van der Waals surface area contributed by atoms with Gasteiger partial charge in [0, 0.05) is 29.7 Å². The van der Waals surface area contributed by atoms with E-state index in [-0.39, 0.29) is 18.4 Å². The Hall–Kier alpha value is -1.49. The molecule has 0 spiro atoms. The minimum atomic E-state index is -0.914. The van der Waals surface area contributed by atoms with Gasteiger partial charge in [-0.3, -0.25) is 9.59 Å². The fourth-order valence-electron chi connectivity index (χ4n) is 2.23. The third-order valence-electron chi connectivity index (χ3n) is 3.22. The number of amides is 1. The van der Waals surface area contributed by atoms with Crippen molar-refractivity contribution in [1.29, 1.82) is 0 Å². The molecule has 5 heteroatoms. The van der Waals surface area contributed by atoms with Gasteiger partial charge < -0.3 is 10.0 Å². The zero-order chi connectivity index (χ0) is 13.8. The summed E-state index contributed by atoms with van der Waals surface area (Å²) in [4.78, 5) is 25.2. The molecule has 1 aliphatic rings. The van der Waals surface area contributed by atoms with Crippen LogP contribution in [0.4, 0.5) is 0 Å². The zero-order valence-electron chi connectivity index (χ0n) is 10.8. The molecule has 1 aromatic carbocycles. The second kappa shape index (κ2) is 6.10. The van der Waals surface area contributed by atoms with E-state index in [1.165, 1.54) is 0 Å². The molecule has 0 bridgehead atoms. The lowest BCUT2D eigenvalue weighted by molar-refractivity contribution is -0.136. The van der Waals surface area contributed by atoms with Gasteiger partial charge in [-0.2, -0.15) is 11.8 Å². The summed E-state index contributed by atoms with van der Waals surface area (Å²) in [7, 11) is 0. The number of nitrogens with zero attached hydrogens (tertiary/aromatic N) is 1. The van der Waals surface area contributed by atoms with E-state index in [1.54, 1.807) is 24.3 Å². The fourth-order valence-corrected chi connectivity index (χ4v) is 3.24. The van der Waals surface area contributed by atoms with Gasteiger partial charge in [-0.15, -0.1) is 0 Å². The van der Waals surface area contributed by atoms with Gasteiger partial charge >= 0.3 is 5.97 Å². The maximum Gasteiger partial charge on any atom is 0.307 e. The van der Waals surface area contributed by atoms with Crippen LogP contribution in [0.3, 0.4) is 0 Å². The maximum absolute atomic E-state index is 12.5. The van der Waals surface area contributed by atoms with Crippen LogP contribution in [0.1, 0.15) is 22.8 Å². The second-order valence-electron chi connectivity index (χ2n) is 4.65. The number of thioether (sulfide) groups is 1. The quantitative estimate of drug-likeness (QED) is 0.918. The van der Waals surface area contributed by atoms with Gasteiger partial charge in [0.05, 0.1) is 6.42 Å². The third-order valence-corrected chi connectivity index (χ3v) is 4.41. The molecule has 0 saturated carbocycles. The summed E-state index contributed by atoms with van der Waals surface area (Å²) >= 11 is 1.85. The minimum absolute atomic E-state index is 0.0512. The molecule has 4 nitrogen and oxygen atoms in total. The molecule has 1 amide bonds. The number of benzene rings is 1. The van der Waals surface area contributed by atoms with Gasteiger partial charge in [-0.25, -0.2) is 0 Å². The highest BCUT2D eigenvalue weighted by molar-refractivity contribution is 7.99. The number of aliphatic carboxylic acids is 1. The highest BCUT2D eigenvalue weighted by Gasteiger charge is 2.26. The van der Waals surface area contributed by atoms with Gasteiger partial charge in [0.1, 0.15) is 0 Å². The molecule has 2 rings (SSSR count). The van der Waals surface area contributed by atoms with Crippen LogP contribution in [0.25, 0.3) is 0 Å². The van der Waals surface area contributed by atoms with E-state index in [9.17, 15) is 9.59 Å². The van der Waals surface area contributed by atoms with Gasteiger partial charge in [-0.1, -0.05) is 18.2 Å². The van der Waals surface area contributed by atoms with E-state index in [2.05, 4.69) is 0 Å². The van der Waals surface area contributed by atoms with Crippen molar-refractivity contribution in [1.82, 2.24) is 4.90 Å². The number of hydrogen-bond donors (Lipinski definition) is 1. The van der Waals surface area contributed by atoms with Crippen molar-refractivity contribution in [2.75, 3.05) is 18.1 Å². The monoisotopic (exact) mass is 279 g/mol. The molecule has 1 aliphatic heterocycles. The van der Waals surface area contributed by atoms with Crippen LogP contribution in [-0.2, 0) is 11.2 Å². The lowest BCUT2D eigenvalue weighted by Gasteiger charge is -2.33. The summed E-state index contributed by atoms with van der Waals surface area (Å²) in [6.07, 6.45) is -0.112. The summed E-state index contributed by atoms with van der Waals surface area (Å²) in [6, 6.07) is 7.18. The predicted molar refractivity (Wildman–Crippen MR) is 75.6 cm³/mol. The SMILES string of the molecule is CC1CSCCN1C(=O)c1ccccc1CC(=O)O. The van der Waals surface area contributed by atoms with Gasteiger partial charge in [0.25, 0.3) is 5.91 Å². The molecule has 0 aromatic heterocycles. The van der Waals surface area contributed by atoms with Crippen molar-refractivity contribution < 1.29 is 14.7 Å². The molecule has 1 aromatic rings. The summed E-state index contributed by atoms with van der Waals surface area (Å²) in [6.45, 7) is 2.76.